The van der Waals surface area contributed by atoms with Crippen LogP contribution >= 0.6 is 0 Å². The highest BCUT2D eigenvalue weighted by atomic mass is 16.6. The summed E-state index contributed by atoms with van der Waals surface area (Å²) in [4.78, 5) is 5.63. The molecular weight excluding hydrogens is 258 g/mol. The van der Waals surface area contributed by atoms with Crippen molar-refractivity contribution in [3.8, 4) is 12.3 Å². The van der Waals surface area contributed by atoms with E-state index in [2.05, 4.69) is 24.1 Å². The molecule has 0 aromatic rings. The number of ether oxygens (including phenoxy) is 1. The Morgan fingerprint density at radius 2 is 2.40 bits per heavy atom. The van der Waals surface area contributed by atoms with Crippen LogP contribution < -0.4 is 5.73 Å². The van der Waals surface area contributed by atoms with Crippen LogP contribution in [0.2, 0.25) is 0 Å². The lowest BCUT2D eigenvalue weighted by molar-refractivity contribution is -0.0990. The average molecular weight is 275 g/mol. The third kappa shape index (κ3) is 2.02. The number of hydrogen-bond acceptors (Lipinski definition) is 6. The highest BCUT2D eigenvalue weighted by Crippen LogP contribution is 2.39. The number of aliphatic imine (C=N–C) groups is 1. The van der Waals surface area contributed by atoms with E-state index in [-0.39, 0.29) is 0 Å². The third-order valence-electron chi connectivity index (χ3n) is 3.49. The van der Waals surface area contributed by atoms with Gasteiger partial charge in [-0.25, -0.2) is 4.99 Å². The maximum atomic E-state index is 10.3. The summed E-state index contributed by atoms with van der Waals surface area (Å²) >= 11 is 0. The summed E-state index contributed by atoms with van der Waals surface area (Å²) in [6, 6.07) is 0. The van der Waals surface area contributed by atoms with Crippen LogP contribution in [-0.4, -0.2) is 45.5 Å². The summed E-state index contributed by atoms with van der Waals surface area (Å²) in [5.74, 6) is 2.50. The van der Waals surface area contributed by atoms with Gasteiger partial charge in [0.05, 0.1) is 12.5 Å². The second-order valence-corrected chi connectivity index (χ2v) is 4.63. The molecule has 0 aromatic heterocycles. The smallest absolute Gasteiger partial charge is 0.180 e. The van der Waals surface area contributed by atoms with Crippen molar-refractivity contribution in [2.24, 2.45) is 16.6 Å². The molecule has 0 bridgehead atoms. The molecule has 20 heavy (non-hydrogen) atoms. The van der Waals surface area contributed by atoms with Gasteiger partial charge in [0.2, 0.25) is 0 Å². The molecule has 0 aromatic carbocycles. The van der Waals surface area contributed by atoms with Crippen molar-refractivity contribution in [1.82, 2.24) is 4.90 Å². The van der Waals surface area contributed by atoms with Crippen LogP contribution in [0.15, 0.2) is 42.3 Å². The van der Waals surface area contributed by atoms with Crippen LogP contribution in [0, 0.1) is 18.3 Å². The molecule has 2 heterocycles. The van der Waals surface area contributed by atoms with Crippen molar-refractivity contribution in [2.75, 3.05) is 6.61 Å². The molecule has 4 N–H and O–H groups in total. The summed E-state index contributed by atoms with van der Waals surface area (Å²) in [6.45, 7) is 6.96. The first-order valence-electron chi connectivity index (χ1n) is 6.05. The molecule has 0 radical (unpaired) electrons. The monoisotopic (exact) mass is 275 g/mol. The summed E-state index contributed by atoms with van der Waals surface area (Å²) < 4.78 is 5.70. The number of aliphatic hydroxyl groups excluding tert-OH is 2. The maximum absolute atomic E-state index is 10.3. The molecule has 2 rings (SSSR count). The van der Waals surface area contributed by atoms with Crippen molar-refractivity contribution < 1.29 is 14.9 Å². The van der Waals surface area contributed by atoms with Gasteiger partial charge in [-0.1, -0.05) is 18.6 Å². The number of aliphatic hydroxyl groups is 2. The van der Waals surface area contributed by atoms with Crippen LogP contribution in [0.1, 0.15) is 0 Å². The Balaban J connectivity index is 2.34. The van der Waals surface area contributed by atoms with Crippen LogP contribution in [0.4, 0.5) is 0 Å². The molecule has 106 valence electrons. The highest BCUT2D eigenvalue weighted by Gasteiger charge is 2.54. The SMILES string of the molecule is C#C[C@]1(CO)O[C@@H](N2C=CC(N)=NC2=C)[C@@H](C=C)[C@@H]1O. The van der Waals surface area contributed by atoms with E-state index in [4.69, 9.17) is 16.9 Å². The Bertz CT molecular complexity index is 534. The molecule has 0 aliphatic carbocycles. The Kier molecular flexibility index (Phi) is 3.68. The van der Waals surface area contributed by atoms with Gasteiger partial charge in [0.1, 0.15) is 24.0 Å². The summed E-state index contributed by atoms with van der Waals surface area (Å²) in [5.41, 5.74) is 4.11. The lowest BCUT2D eigenvalue weighted by Gasteiger charge is -2.31. The fourth-order valence-electron chi connectivity index (χ4n) is 2.33. The molecule has 0 amide bonds. The first-order valence-corrected chi connectivity index (χ1v) is 6.05. The predicted molar refractivity (Wildman–Crippen MR) is 75.0 cm³/mol. The van der Waals surface area contributed by atoms with Crippen molar-refractivity contribution in [1.29, 1.82) is 0 Å². The molecule has 6 nitrogen and oxygen atoms in total. The third-order valence-corrected chi connectivity index (χ3v) is 3.49. The minimum atomic E-state index is -1.47. The van der Waals surface area contributed by atoms with E-state index >= 15 is 0 Å². The highest BCUT2D eigenvalue weighted by molar-refractivity contribution is 5.92. The number of nitrogens with two attached hydrogens (primary N) is 1. The average Bonchev–Trinajstić information content (AvgIpc) is 2.71. The van der Waals surface area contributed by atoms with Crippen LogP contribution in [0.3, 0.4) is 0 Å². The summed E-state index contributed by atoms with van der Waals surface area (Å²) in [7, 11) is 0. The van der Waals surface area contributed by atoms with E-state index in [1.165, 1.54) is 6.08 Å². The van der Waals surface area contributed by atoms with Crippen LogP contribution in [-0.2, 0) is 4.74 Å². The van der Waals surface area contributed by atoms with E-state index < -0.39 is 30.5 Å². The fourth-order valence-corrected chi connectivity index (χ4v) is 2.33. The molecule has 0 saturated carbocycles. The largest absolute Gasteiger partial charge is 0.392 e. The number of terminal acetylenes is 1. The van der Waals surface area contributed by atoms with Crippen molar-refractivity contribution in [2.45, 2.75) is 17.9 Å². The zero-order valence-electron chi connectivity index (χ0n) is 10.9. The van der Waals surface area contributed by atoms with Crippen molar-refractivity contribution >= 4 is 5.84 Å². The first kappa shape index (κ1) is 14.3. The topological polar surface area (TPSA) is 91.3 Å². The maximum Gasteiger partial charge on any atom is 0.180 e. The Morgan fingerprint density at radius 3 is 2.90 bits per heavy atom. The number of hydrogen-bond donors (Lipinski definition) is 3. The van der Waals surface area contributed by atoms with Gasteiger partial charge >= 0.3 is 0 Å². The fraction of sp³-hybridized carbons (Fsp3) is 0.357. The predicted octanol–water partition coefficient (Wildman–Crippen LogP) is -0.472. The Labute approximate surface area is 117 Å². The minimum Gasteiger partial charge on any atom is -0.392 e. The standard InChI is InChI=1S/C14H17N3O3/c1-4-10-12(19)14(5-2,8-18)20-13(10)17-7-6-11(15)16-9(17)3/h2,4,6-7,10,12-13,18-19H,1,3,8H2,(H2,15,16)/t10-,12-,13+,14+/m0/s1. The minimum absolute atomic E-state index is 0.324. The number of nitrogens with zero attached hydrogens (tertiary/aromatic N) is 2. The summed E-state index contributed by atoms with van der Waals surface area (Å²) in [5, 5.41) is 19.8. The Morgan fingerprint density at radius 1 is 1.70 bits per heavy atom. The van der Waals surface area contributed by atoms with E-state index in [9.17, 15) is 10.2 Å². The van der Waals surface area contributed by atoms with Gasteiger partial charge in [0.25, 0.3) is 0 Å². The van der Waals surface area contributed by atoms with Gasteiger partial charge in [0, 0.05) is 6.20 Å². The molecular formula is C14H17N3O3. The normalized spacial score (nSPS) is 36.6. The van der Waals surface area contributed by atoms with E-state index in [1.807, 2.05) is 0 Å². The molecule has 0 spiro atoms. The lowest BCUT2D eigenvalue weighted by Crippen LogP contribution is -2.43. The van der Waals surface area contributed by atoms with Crippen LogP contribution in [0.5, 0.6) is 0 Å². The van der Waals surface area contributed by atoms with E-state index in [0.717, 1.165) is 0 Å². The number of amidine groups is 1. The van der Waals surface area contributed by atoms with Gasteiger partial charge in [-0.3, -0.25) is 0 Å². The Hall–Kier alpha value is -2.07. The second kappa shape index (κ2) is 5.13. The van der Waals surface area contributed by atoms with Crippen molar-refractivity contribution in [3.05, 3.63) is 37.3 Å². The molecule has 6 heteroatoms. The molecule has 1 fully saturated rings. The molecule has 2 aliphatic heterocycles. The lowest BCUT2D eigenvalue weighted by atomic mass is 9.90. The van der Waals surface area contributed by atoms with Gasteiger partial charge < -0.3 is 25.6 Å². The quantitative estimate of drug-likeness (QED) is 0.478. The zero-order chi connectivity index (χ0) is 14.9. The van der Waals surface area contributed by atoms with Crippen LogP contribution in [0.25, 0.3) is 0 Å². The van der Waals surface area contributed by atoms with Gasteiger partial charge in [0.15, 0.2) is 5.60 Å². The van der Waals surface area contributed by atoms with Gasteiger partial charge in [-0.2, -0.15) is 0 Å². The van der Waals surface area contributed by atoms with Crippen molar-refractivity contribution in [3.63, 3.8) is 0 Å². The van der Waals surface area contributed by atoms with Gasteiger partial charge in [-0.05, 0) is 6.08 Å². The molecule has 2 aliphatic rings. The molecule has 0 unspecified atom stereocenters. The zero-order valence-corrected chi connectivity index (χ0v) is 10.9. The summed E-state index contributed by atoms with van der Waals surface area (Å²) in [6.07, 6.45) is 8.42. The first-order chi connectivity index (χ1) is 9.49. The molecule has 1 saturated heterocycles. The van der Waals surface area contributed by atoms with E-state index in [1.54, 1.807) is 17.2 Å². The van der Waals surface area contributed by atoms with Gasteiger partial charge in [-0.15, -0.1) is 13.0 Å². The second-order valence-electron chi connectivity index (χ2n) is 4.63. The molecule has 4 atom stereocenters. The number of rotatable bonds is 3. The van der Waals surface area contributed by atoms with E-state index in [0.29, 0.717) is 11.7 Å².